The first-order chi connectivity index (χ1) is 9.97. The third kappa shape index (κ3) is 4.24. The molecule has 1 fully saturated rings. The molecule has 5 heteroatoms. The zero-order chi connectivity index (χ0) is 15.4. The van der Waals surface area contributed by atoms with Crippen molar-refractivity contribution in [2.45, 2.75) is 33.2 Å². The molecule has 1 N–H and O–H groups in total. The Labute approximate surface area is 130 Å². The maximum atomic E-state index is 12.4. The molecule has 1 saturated heterocycles. The van der Waals surface area contributed by atoms with Crippen LogP contribution in [0.4, 0.5) is 5.69 Å². The fourth-order valence-corrected chi connectivity index (χ4v) is 3.50. The number of carbonyl (C=O) groups excluding carboxylic acids is 2. The molecule has 1 aromatic rings. The molecular formula is C16H22N2O2S. The van der Waals surface area contributed by atoms with Crippen molar-refractivity contribution in [2.24, 2.45) is 5.92 Å². The van der Waals surface area contributed by atoms with Crippen LogP contribution in [0, 0.1) is 12.8 Å². The Morgan fingerprint density at radius 2 is 2.19 bits per heavy atom. The number of hydrogen-bond acceptors (Lipinski definition) is 3. The van der Waals surface area contributed by atoms with E-state index < -0.39 is 0 Å². The molecule has 114 valence electrons. The van der Waals surface area contributed by atoms with Crippen LogP contribution in [0.3, 0.4) is 0 Å². The van der Waals surface area contributed by atoms with Gasteiger partial charge in [-0.05, 0) is 30.5 Å². The predicted octanol–water partition coefficient (Wildman–Crippen LogP) is 2.88. The summed E-state index contributed by atoms with van der Waals surface area (Å²) in [5.74, 6) is 1.56. The van der Waals surface area contributed by atoms with Crippen molar-refractivity contribution in [3.63, 3.8) is 0 Å². The average molecular weight is 306 g/mol. The average Bonchev–Trinajstić information content (AvgIpc) is 2.87. The van der Waals surface area contributed by atoms with Gasteiger partial charge in [-0.1, -0.05) is 26.0 Å². The number of thioether (sulfide) groups is 1. The van der Waals surface area contributed by atoms with Crippen LogP contribution in [-0.4, -0.2) is 34.4 Å². The Bertz CT molecular complexity index is 531. The molecule has 0 aromatic heterocycles. The second-order valence-electron chi connectivity index (χ2n) is 5.84. The molecule has 1 aliphatic heterocycles. The summed E-state index contributed by atoms with van der Waals surface area (Å²) >= 11 is 1.63. The second kappa shape index (κ2) is 6.98. The van der Waals surface area contributed by atoms with E-state index in [2.05, 4.69) is 5.32 Å². The molecule has 1 aliphatic rings. The maximum Gasteiger partial charge on any atom is 0.248 e. The molecule has 0 radical (unpaired) electrons. The highest BCUT2D eigenvalue weighted by molar-refractivity contribution is 7.99. The maximum absolute atomic E-state index is 12.4. The first-order valence-electron chi connectivity index (χ1n) is 7.22. The van der Waals surface area contributed by atoms with Gasteiger partial charge in [0.2, 0.25) is 11.8 Å². The van der Waals surface area contributed by atoms with Gasteiger partial charge in [0, 0.05) is 17.9 Å². The van der Waals surface area contributed by atoms with Gasteiger partial charge in [-0.2, -0.15) is 0 Å². The molecule has 1 atom stereocenters. The number of rotatable bonds is 4. The number of nitrogens with zero attached hydrogens (tertiary/aromatic N) is 1. The Morgan fingerprint density at radius 1 is 1.43 bits per heavy atom. The van der Waals surface area contributed by atoms with Crippen LogP contribution >= 0.6 is 11.8 Å². The van der Waals surface area contributed by atoms with Crippen LogP contribution in [0.2, 0.25) is 0 Å². The number of aryl methyl sites for hydroxylation is 1. The zero-order valence-electron chi connectivity index (χ0n) is 12.8. The van der Waals surface area contributed by atoms with Gasteiger partial charge < -0.3 is 10.2 Å². The Hall–Kier alpha value is -1.49. The highest BCUT2D eigenvalue weighted by atomic mass is 32.2. The van der Waals surface area contributed by atoms with E-state index in [1.54, 1.807) is 16.7 Å². The summed E-state index contributed by atoms with van der Waals surface area (Å²) in [6.45, 7) is 6.02. The van der Waals surface area contributed by atoms with E-state index in [1.165, 1.54) is 0 Å². The van der Waals surface area contributed by atoms with E-state index in [0.717, 1.165) is 11.3 Å². The third-order valence-electron chi connectivity index (χ3n) is 3.37. The summed E-state index contributed by atoms with van der Waals surface area (Å²) in [5, 5.41) is 2.92. The van der Waals surface area contributed by atoms with Gasteiger partial charge >= 0.3 is 0 Å². The molecular weight excluding hydrogens is 284 g/mol. The van der Waals surface area contributed by atoms with Crippen molar-refractivity contribution in [2.75, 3.05) is 16.9 Å². The summed E-state index contributed by atoms with van der Waals surface area (Å²) in [6.07, 6.45) is 0.495. The van der Waals surface area contributed by atoms with E-state index in [9.17, 15) is 9.59 Å². The Balaban J connectivity index is 2.02. The van der Waals surface area contributed by atoms with Crippen molar-refractivity contribution in [3.8, 4) is 0 Å². The molecule has 4 nitrogen and oxygen atoms in total. The van der Waals surface area contributed by atoms with Crippen molar-refractivity contribution < 1.29 is 9.59 Å². The van der Waals surface area contributed by atoms with Crippen LogP contribution in [0.5, 0.6) is 0 Å². The molecule has 2 amide bonds. The summed E-state index contributed by atoms with van der Waals surface area (Å²) in [7, 11) is 0. The van der Waals surface area contributed by atoms with E-state index in [1.807, 2.05) is 45.0 Å². The van der Waals surface area contributed by atoms with Gasteiger partial charge in [0.1, 0.15) is 6.04 Å². The first-order valence-corrected chi connectivity index (χ1v) is 8.37. The lowest BCUT2D eigenvalue weighted by Crippen LogP contribution is -2.44. The molecule has 2 rings (SSSR count). The Kier molecular flexibility index (Phi) is 5.28. The van der Waals surface area contributed by atoms with Crippen LogP contribution in [-0.2, 0) is 9.59 Å². The molecule has 1 aromatic carbocycles. The fourth-order valence-electron chi connectivity index (χ4n) is 2.32. The molecule has 0 saturated carbocycles. The smallest absolute Gasteiger partial charge is 0.248 e. The summed E-state index contributed by atoms with van der Waals surface area (Å²) < 4.78 is 0. The second-order valence-corrected chi connectivity index (χ2v) is 6.84. The lowest BCUT2D eigenvalue weighted by Gasteiger charge is -2.24. The SMILES string of the molecule is Cc1cccc(NC(=O)C2CSCN2C(=O)CC(C)C)c1. The first kappa shape index (κ1) is 15.9. The minimum atomic E-state index is -0.359. The molecule has 21 heavy (non-hydrogen) atoms. The van der Waals surface area contributed by atoms with Crippen LogP contribution in [0.15, 0.2) is 24.3 Å². The van der Waals surface area contributed by atoms with Crippen LogP contribution in [0.1, 0.15) is 25.8 Å². The fraction of sp³-hybridized carbons (Fsp3) is 0.500. The topological polar surface area (TPSA) is 49.4 Å². The largest absolute Gasteiger partial charge is 0.324 e. The van der Waals surface area contributed by atoms with Crippen molar-refractivity contribution in [3.05, 3.63) is 29.8 Å². The van der Waals surface area contributed by atoms with E-state index in [4.69, 9.17) is 0 Å². The van der Waals surface area contributed by atoms with Gasteiger partial charge in [-0.3, -0.25) is 9.59 Å². The molecule has 1 heterocycles. The molecule has 0 spiro atoms. The van der Waals surface area contributed by atoms with Crippen LogP contribution < -0.4 is 5.32 Å². The minimum Gasteiger partial charge on any atom is -0.324 e. The minimum absolute atomic E-state index is 0.0689. The molecule has 0 bridgehead atoms. The van der Waals surface area contributed by atoms with Gasteiger partial charge in [0.05, 0.1) is 5.88 Å². The van der Waals surface area contributed by atoms with E-state index in [0.29, 0.717) is 24.0 Å². The standard InChI is InChI=1S/C16H22N2O2S/c1-11(2)7-15(19)18-10-21-9-14(18)16(20)17-13-6-4-5-12(3)8-13/h4-6,8,11,14H,7,9-10H2,1-3H3,(H,17,20). The predicted molar refractivity (Wildman–Crippen MR) is 87.2 cm³/mol. The number of nitrogens with one attached hydrogen (secondary N) is 1. The van der Waals surface area contributed by atoms with Gasteiger partial charge in [0.15, 0.2) is 0 Å². The third-order valence-corrected chi connectivity index (χ3v) is 4.39. The number of anilines is 1. The lowest BCUT2D eigenvalue weighted by atomic mass is 10.1. The molecule has 1 unspecified atom stereocenters. The van der Waals surface area contributed by atoms with Gasteiger partial charge in [-0.25, -0.2) is 0 Å². The van der Waals surface area contributed by atoms with E-state index in [-0.39, 0.29) is 17.9 Å². The number of carbonyl (C=O) groups is 2. The van der Waals surface area contributed by atoms with Gasteiger partial charge in [-0.15, -0.1) is 11.8 Å². The summed E-state index contributed by atoms with van der Waals surface area (Å²) in [5.41, 5.74) is 1.88. The number of hydrogen-bond donors (Lipinski definition) is 1. The quantitative estimate of drug-likeness (QED) is 0.930. The highest BCUT2D eigenvalue weighted by Gasteiger charge is 2.34. The van der Waals surface area contributed by atoms with Crippen LogP contribution in [0.25, 0.3) is 0 Å². The summed E-state index contributed by atoms with van der Waals surface area (Å²) in [4.78, 5) is 26.3. The number of amides is 2. The van der Waals surface area contributed by atoms with Crippen molar-refractivity contribution in [1.82, 2.24) is 4.90 Å². The highest BCUT2D eigenvalue weighted by Crippen LogP contribution is 2.24. The molecule has 0 aliphatic carbocycles. The summed E-state index contributed by atoms with van der Waals surface area (Å²) in [6, 6.07) is 7.34. The van der Waals surface area contributed by atoms with E-state index >= 15 is 0 Å². The zero-order valence-corrected chi connectivity index (χ0v) is 13.6. The lowest BCUT2D eigenvalue weighted by molar-refractivity contribution is -0.136. The normalized spacial score (nSPS) is 18.1. The van der Waals surface area contributed by atoms with Crippen molar-refractivity contribution >= 4 is 29.3 Å². The van der Waals surface area contributed by atoms with Gasteiger partial charge in [0.25, 0.3) is 0 Å². The number of benzene rings is 1. The van der Waals surface area contributed by atoms with Crippen molar-refractivity contribution in [1.29, 1.82) is 0 Å². The monoisotopic (exact) mass is 306 g/mol. The Morgan fingerprint density at radius 3 is 2.86 bits per heavy atom.